The number of fused-ring (bicyclic) bond motifs is 1. The lowest BCUT2D eigenvalue weighted by Crippen LogP contribution is -2.33. The number of aromatic hydroxyl groups is 1. The van der Waals surface area contributed by atoms with Gasteiger partial charge in [0.05, 0.1) is 15.6 Å². The number of hydrogen-bond donors (Lipinski definition) is 3. The van der Waals surface area contributed by atoms with Crippen molar-refractivity contribution < 1.29 is 18.7 Å². The SMILES string of the molecule is CCc1ccc2oc(-c3cc(NC(=S)NC(=O)c4ccc(-c5cccc(Cl)c5Cl)o4)ccc3O)nc2c1. The predicted octanol–water partition coefficient (Wildman–Crippen LogP) is 7.46. The zero-order valence-corrected chi connectivity index (χ0v) is 21.7. The van der Waals surface area contributed by atoms with Crippen LogP contribution in [0, 0.1) is 0 Å². The van der Waals surface area contributed by atoms with Gasteiger partial charge < -0.3 is 19.3 Å². The molecule has 186 valence electrons. The molecule has 0 aliphatic carbocycles. The first kappa shape index (κ1) is 24.8. The number of aromatic nitrogens is 1. The van der Waals surface area contributed by atoms with E-state index in [1.54, 1.807) is 36.4 Å². The topological polar surface area (TPSA) is 101 Å². The minimum Gasteiger partial charge on any atom is -0.507 e. The molecule has 0 saturated carbocycles. The number of amides is 1. The van der Waals surface area contributed by atoms with Gasteiger partial charge in [-0.05, 0) is 78.8 Å². The fraction of sp³-hybridized carbons (Fsp3) is 0.0741. The summed E-state index contributed by atoms with van der Waals surface area (Å²) in [6.07, 6.45) is 0.875. The van der Waals surface area contributed by atoms with Crippen LogP contribution in [0.25, 0.3) is 33.9 Å². The van der Waals surface area contributed by atoms with Crippen molar-refractivity contribution in [2.45, 2.75) is 13.3 Å². The van der Waals surface area contributed by atoms with Crippen LogP contribution in [-0.4, -0.2) is 21.1 Å². The Labute approximate surface area is 227 Å². The van der Waals surface area contributed by atoms with Crippen LogP contribution in [0.15, 0.2) is 75.6 Å². The third-order valence-corrected chi connectivity index (χ3v) is 6.64. The van der Waals surface area contributed by atoms with Gasteiger partial charge in [0, 0.05) is 11.3 Å². The molecule has 0 atom stereocenters. The van der Waals surface area contributed by atoms with Crippen molar-refractivity contribution in [3.8, 4) is 28.5 Å². The minimum absolute atomic E-state index is 0.00874. The first-order valence-electron chi connectivity index (χ1n) is 11.2. The highest BCUT2D eigenvalue weighted by Gasteiger charge is 2.17. The fourth-order valence-electron chi connectivity index (χ4n) is 3.72. The van der Waals surface area contributed by atoms with E-state index in [0.29, 0.717) is 43.7 Å². The van der Waals surface area contributed by atoms with Crippen LogP contribution in [0.2, 0.25) is 10.0 Å². The number of halogens is 2. The maximum atomic E-state index is 12.7. The summed E-state index contributed by atoms with van der Waals surface area (Å²) in [4.78, 5) is 17.2. The van der Waals surface area contributed by atoms with Crippen molar-refractivity contribution in [2.75, 3.05) is 5.32 Å². The number of hydrogen-bond acceptors (Lipinski definition) is 6. The summed E-state index contributed by atoms with van der Waals surface area (Å²) >= 11 is 17.6. The largest absolute Gasteiger partial charge is 0.507 e. The van der Waals surface area contributed by atoms with Gasteiger partial charge in [-0.1, -0.05) is 42.3 Å². The molecule has 7 nitrogen and oxygen atoms in total. The van der Waals surface area contributed by atoms with Crippen molar-refractivity contribution >= 4 is 63.2 Å². The zero-order valence-electron chi connectivity index (χ0n) is 19.3. The van der Waals surface area contributed by atoms with E-state index in [2.05, 4.69) is 22.5 Å². The highest BCUT2D eigenvalue weighted by atomic mass is 35.5. The first-order chi connectivity index (χ1) is 17.8. The van der Waals surface area contributed by atoms with Gasteiger partial charge in [0.15, 0.2) is 16.5 Å². The van der Waals surface area contributed by atoms with E-state index in [4.69, 9.17) is 44.3 Å². The second kappa shape index (κ2) is 10.3. The van der Waals surface area contributed by atoms with Gasteiger partial charge in [0.1, 0.15) is 17.0 Å². The van der Waals surface area contributed by atoms with Gasteiger partial charge in [-0.2, -0.15) is 0 Å². The Balaban J connectivity index is 1.30. The summed E-state index contributed by atoms with van der Waals surface area (Å²) in [5.74, 6) is 0.142. The first-order valence-corrected chi connectivity index (χ1v) is 12.4. The van der Waals surface area contributed by atoms with Crippen LogP contribution in [0.5, 0.6) is 5.75 Å². The maximum Gasteiger partial charge on any atom is 0.293 e. The Morgan fingerprint density at radius 1 is 1.03 bits per heavy atom. The molecule has 2 aromatic heterocycles. The molecule has 0 unspecified atom stereocenters. The number of furan rings is 1. The lowest BCUT2D eigenvalue weighted by molar-refractivity contribution is 0.0951. The van der Waals surface area contributed by atoms with Crippen LogP contribution in [0.4, 0.5) is 5.69 Å². The smallest absolute Gasteiger partial charge is 0.293 e. The van der Waals surface area contributed by atoms with Crippen LogP contribution >= 0.6 is 35.4 Å². The molecule has 10 heteroatoms. The highest BCUT2D eigenvalue weighted by molar-refractivity contribution is 7.80. The van der Waals surface area contributed by atoms with Crippen LogP contribution in [0.1, 0.15) is 23.0 Å². The van der Waals surface area contributed by atoms with E-state index < -0.39 is 5.91 Å². The molecule has 0 fully saturated rings. The molecule has 2 heterocycles. The van der Waals surface area contributed by atoms with E-state index in [1.165, 1.54) is 12.1 Å². The number of nitrogens with zero attached hydrogens (tertiary/aromatic N) is 1. The van der Waals surface area contributed by atoms with Crippen LogP contribution in [-0.2, 0) is 6.42 Å². The lowest BCUT2D eigenvalue weighted by atomic mass is 10.1. The molecule has 1 amide bonds. The lowest BCUT2D eigenvalue weighted by Gasteiger charge is -2.10. The number of carbonyl (C=O) groups excluding carboxylic acids is 1. The summed E-state index contributed by atoms with van der Waals surface area (Å²) in [5.41, 5.74) is 3.90. The molecule has 3 aromatic carbocycles. The number of aryl methyl sites for hydroxylation is 1. The maximum absolute atomic E-state index is 12.7. The molecular formula is C27H19Cl2N3O4S. The van der Waals surface area contributed by atoms with E-state index >= 15 is 0 Å². The molecular weight excluding hydrogens is 533 g/mol. The van der Waals surface area contributed by atoms with E-state index in [9.17, 15) is 9.90 Å². The number of oxazole rings is 1. The van der Waals surface area contributed by atoms with Crippen LogP contribution in [0.3, 0.4) is 0 Å². The molecule has 5 rings (SSSR count). The number of carbonyl (C=O) groups is 1. The Hall–Kier alpha value is -3.85. The van der Waals surface area contributed by atoms with E-state index in [1.807, 2.05) is 18.2 Å². The summed E-state index contributed by atoms with van der Waals surface area (Å²) in [7, 11) is 0. The molecule has 0 aliphatic rings. The molecule has 0 aliphatic heterocycles. The number of thiocarbonyl (C=S) groups is 1. The molecule has 0 spiro atoms. The zero-order chi connectivity index (χ0) is 26.1. The van der Waals surface area contributed by atoms with E-state index in [-0.39, 0.29) is 22.5 Å². The number of nitrogens with one attached hydrogen (secondary N) is 2. The fourth-order valence-corrected chi connectivity index (χ4v) is 4.32. The van der Waals surface area contributed by atoms with Gasteiger partial charge in [0.25, 0.3) is 5.91 Å². The monoisotopic (exact) mass is 551 g/mol. The second-order valence-electron chi connectivity index (χ2n) is 8.08. The van der Waals surface area contributed by atoms with Crippen molar-refractivity contribution in [2.24, 2.45) is 0 Å². The summed E-state index contributed by atoms with van der Waals surface area (Å²) in [6.45, 7) is 2.06. The number of anilines is 1. The van der Waals surface area contributed by atoms with Crippen molar-refractivity contribution in [1.29, 1.82) is 0 Å². The highest BCUT2D eigenvalue weighted by Crippen LogP contribution is 2.35. The van der Waals surface area contributed by atoms with Crippen LogP contribution < -0.4 is 10.6 Å². The third-order valence-electron chi connectivity index (χ3n) is 5.62. The average Bonchev–Trinajstić information content (AvgIpc) is 3.54. The second-order valence-corrected chi connectivity index (χ2v) is 9.27. The van der Waals surface area contributed by atoms with Crippen molar-refractivity contribution in [1.82, 2.24) is 10.3 Å². The van der Waals surface area contributed by atoms with E-state index in [0.717, 1.165) is 12.0 Å². The number of benzene rings is 3. The summed E-state index contributed by atoms with van der Waals surface area (Å²) in [5, 5.41) is 16.7. The van der Waals surface area contributed by atoms with Gasteiger partial charge in [-0.25, -0.2) is 4.98 Å². The predicted molar refractivity (Wildman–Crippen MR) is 148 cm³/mol. The third kappa shape index (κ3) is 5.17. The molecule has 5 aromatic rings. The minimum atomic E-state index is -0.549. The summed E-state index contributed by atoms with van der Waals surface area (Å²) < 4.78 is 11.5. The Bertz CT molecular complexity index is 1660. The standard InChI is InChI=1S/C27H19Cl2N3O4S/c1-2-14-6-9-22-19(12-14)31-26(36-22)17-13-15(7-8-20(17)33)30-27(37)32-25(34)23-11-10-21(35-23)16-4-3-5-18(28)24(16)29/h3-13,33H,2H2,1H3,(H2,30,32,34,37). The quantitative estimate of drug-likeness (QED) is 0.154. The Morgan fingerprint density at radius 2 is 1.86 bits per heavy atom. The van der Waals surface area contributed by atoms with Crippen molar-refractivity contribution in [3.63, 3.8) is 0 Å². The Kier molecular flexibility index (Phi) is 6.88. The van der Waals surface area contributed by atoms with Gasteiger partial charge in [-0.15, -0.1) is 0 Å². The molecule has 0 bridgehead atoms. The number of rotatable bonds is 5. The normalized spacial score (nSPS) is 11.0. The van der Waals surface area contributed by atoms with Gasteiger partial charge in [0.2, 0.25) is 5.89 Å². The van der Waals surface area contributed by atoms with Gasteiger partial charge in [-0.3, -0.25) is 10.1 Å². The molecule has 0 radical (unpaired) electrons. The molecule has 3 N–H and O–H groups in total. The van der Waals surface area contributed by atoms with Crippen molar-refractivity contribution in [3.05, 3.63) is 88.1 Å². The molecule has 0 saturated heterocycles. The average molecular weight is 552 g/mol. The number of phenolic OH excluding ortho intramolecular Hbond substituents is 1. The summed E-state index contributed by atoms with van der Waals surface area (Å²) in [6, 6.07) is 18.8. The van der Waals surface area contributed by atoms with Gasteiger partial charge >= 0.3 is 0 Å². The molecule has 37 heavy (non-hydrogen) atoms. The number of phenols is 1. The Morgan fingerprint density at radius 3 is 2.68 bits per heavy atom.